The second-order valence-corrected chi connectivity index (χ2v) is 4.24. The molecule has 0 amide bonds. The van der Waals surface area contributed by atoms with Gasteiger partial charge in [0.25, 0.3) is 0 Å². The molecular formula is C7H12BrN3. The fourth-order valence-corrected chi connectivity index (χ4v) is 0.983. The standard InChI is InChI=1S/C7H12BrN3/c1-7(2,3)11-4-5(9)6(8)10-11/h4H,9H2,1-3H3. The maximum absolute atomic E-state index is 5.61. The molecule has 2 N–H and O–H groups in total. The van der Waals surface area contributed by atoms with Crippen molar-refractivity contribution in [3.8, 4) is 0 Å². The van der Waals surface area contributed by atoms with Crippen molar-refractivity contribution in [2.24, 2.45) is 0 Å². The molecule has 1 heterocycles. The lowest BCUT2D eigenvalue weighted by Gasteiger charge is -2.18. The molecular weight excluding hydrogens is 206 g/mol. The Morgan fingerprint density at radius 1 is 1.55 bits per heavy atom. The minimum atomic E-state index is 0.000139. The van der Waals surface area contributed by atoms with Crippen LogP contribution in [0.5, 0.6) is 0 Å². The summed E-state index contributed by atoms with van der Waals surface area (Å²) in [5.41, 5.74) is 6.29. The summed E-state index contributed by atoms with van der Waals surface area (Å²) >= 11 is 3.25. The molecule has 1 aromatic heterocycles. The smallest absolute Gasteiger partial charge is 0.151 e. The molecule has 0 aliphatic carbocycles. The third kappa shape index (κ3) is 1.74. The number of hydrogen-bond acceptors (Lipinski definition) is 2. The molecule has 4 heteroatoms. The van der Waals surface area contributed by atoms with Gasteiger partial charge in [0.05, 0.1) is 11.2 Å². The molecule has 11 heavy (non-hydrogen) atoms. The average Bonchev–Trinajstić information content (AvgIpc) is 2.11. The van der Waals surface area contributed by atoms with Crippen LogP contribution in [0.2, 0.25) is 0 Å². The van der Waals surface area contributed by atoms with Gasteiger partial charge in [-0.2, -0.15) is 5.10 Å². The van der Waals surface area contributed by atoms with E-state index in [1.807, 2.05) is 10.9 Å². The van der Waals surface area contributed by atoms with Gasteiger partial charge >= 0.3 is 0 Å². The van der Waals surface area contributed by atoms with Crippen LogP contribution in [-0.2, 0) is 5.54 Å². The van der Waals surface area contributed by atoms with Gasteiger partial charge in [0.2, 0.25) is 0 Å². The Balaban J connectivity index is 3.08. The molecule has 0 radical (unpaired) electrons. The Morgan fingerprint density at radius 2 is 2.09 bits per heavy atom. The first-order valence-electron chi connectivity index (χ1n) is 3.42. The van der Waals surface area contributed by atoms with Crippen LogP contribution in [0, 0.1) is 0 Å². The highest BCUT2D eigenvalue weighted by Crippen LogP contribution is 2.21. The number of rotatable bonds is 0. The van der Waals surface area contributed by atoms with Crippen LogP contribution in [-0.4, -0.2) is 9.78 Å². The monoisotopic (exact) mass is 217 g/mol. The van der Waals surface area contributed by atoms with Crippen LogP contribution in [0.1, 0.15) is 20.8 Å². The van der Waals surface area contributed by atoms with E-state index in [0.717, 1.165) is 0 Å². The first-order valence-corrected chi connectivity index (χ1v) is 4.21. The summed E-state index contributed by atoms with van der Waals surface area (Å²) in [6, 6.07) is 0. The van der Waals surface area contributed by atoms with Gasteiger partial charge in [-0.15, -0.1) is 0 Å². The maximum atomic E-state index is 5.61. The zero-order chi connectivity index (χ0) is 8.65. The highest BCUT2D eigenvalue weighted by molar-refractivity contribution is 9.10. The third-order valence-corrected chi connectivity index (χ3v) is 2.00. The van der Waals surface area contributed by atoms with Gasteiger partial charge in [0.15, 0.2) is 4.60 Å². The van der Waals surface area contributed by atoms with E-state index in [1.165, 1.54) is 0 Å². The number of nitrogens with two attached hydrogens (primary N) is 1. The van der Waals surface area contributed by atoms with Crippen molar-refractivity contribution in [3.05, 3.63) is 10.8 Å². The molecule has 0 saturated heterocycles. The molecule has 3 nitrogen and oxygen atoms in total. The highest BCUT2D eigenvalue weighted by atomic mass is 79.9. The Hall–Kier alpha value is -0.510. The van der Waals surface area contributed by atoms with E-state index in [0.29, 0.717) is 10.3 Å². The molecule has 0 bridgehead atoms. The second kappa shape index (κ2) is 2.52. The predicted molar refractivity (Wildman–Crippen MR) is 49.3 cm³/mol. The molecule has 62 valence electrons. The maximum Gasteiger partial charge on any atom is 0.151 e. The number of halogens is 1. The fourth-order valence-electron chi connectivity index (χ4n) is 0.710. The van der Waals surface area contributed by atoms with Gasteiger partial charge in [-0.25, -0.2) is 0 Å². The molecule has 0 unspecified atom stereocenters. The van der Waals surface area contributed by atoms with E-state index in [4.69, 9.17) is 5.73 Å². The number of nitrogen functional groups attached to an aromatic ring is 1. The van der Waals surface area contributed by atoms with E-state index in [9.17, 15) is 0 Å². The van der Waals surface area contributed by atoms with Crippen LogP contribution < -0.4 is 5.73 Å². The summed E-state index contributed by atoms with van der Waals surface area (Å²) in [4.78, 5) is 0. The summed E-state index contributed by atoms with van der Waals surface area (Å²) < 4.78 is 2.55. The van der Waals surface area contributed by atoms with Crippen molar-refractivity contribution in [2.45, 2.75) is 26.3 Å². The Bertz CT molecular complexity index is 240. The fraction of sp³-hybridized carbons (Fsp3) is 0.571. The highest BCUT2D eigenvalue weighted by Gasteiger charge is 2.15. The van der Waals surface area contributed by atoms with E-state index < -0.39 is 0 Å². The summed E-state index contributed by atoms with van der Waals surface area (Å²) in [5, 5.41) is 4.19. The Kier molecular flexibility index (Phi) is 1.96. The normalized spacial score (nSPS) is 12.0. The molecule has 0 spiro atoms. The van der Waals surface area contributed by atoms with Gasteiger partial charge in [-0.05, 0) is 36.7 Å². The lowest BCUT2D eigenvalue weighted by molar-refractivity contribution is 0.354. The molecule has 0 saturated carbocycles. The molecule has 0 aromatic carbocycles. The molecule has 0 aliphatic rings. The Morgan fingerprint density at radius 3 is 2.27 bits per heavy atom. The van der Waals surface area contributed by atoms with Gasteiger partial charge in [0.1, 0.15) is 0 Å². The lowest BCUT2D eigenvalue weighted by atomic mass is 10.1. The molecule has 0 aliphatic heterocycles. The Labute approximate surface area is 74.7 Å². The van der Waals surface area contributed by atoms with Crippen LogP contribution in [0.4, 0.5) is 5.69 Å². The topological polar surface area (TPSA) is 43.8 Å². The largest absolute Gasteiger partial charge is 0.395 e. The summed E-state index contributed by atoms with van der Waals surface area (Å²) in [5.74, 6) is 0. The van der Waals surface area contributed by atoms with Crippen molar-refractivity contribution < 1.29 is 0 Å². The average molecular weight is 218 g/mol. The first kappa shape index (κ1) is 8.59. The van der Waals surface area contributed by atoms with Crippen molar-refractivity contribution in [1.29, 1.82) is 0 Å². The number of hydrogen-bond donors (Lipinski definition) is 1. The SMILES string of the molecule is CC(C)(C)n1cc(N)c(Br)n1. The van der Waals surface area contributed by atoms with Crippen molar-refractivity contribution in [1.82, 2.24) is 9.78 Å². The van der Waals surface area contributed by atoms with Crippen molar-refractivity contribution >= 4 is 21.6 Å². The predicted octanol–water partition coefficient (Wildman–Crippen LogP) is 1.98. The lowest BCUT2D eigenvalue weighted by Crippen LogP contribution is -2.22. The van der Waals surface area contributed by atoms with E-state index in [1.54, 1.807) is 0 Å². The van der Waals surface area contributed by atoms with Crippen LogP contribution >= 0.6 is 15.9 Å². The van der Waals surface area contributed by atoms with Crippen molar-refractivity contribution in [2.75, 3.05) is 5.73 Å². The number of nitrogens with zero attached hydrogens (tertiary/aromatic N) is 2. The van der Waals surface area contributed by atoms with Gasteiger partial charge in [-0.3, -0.25) is 4.68 Å². The van der Waals surface area contributed by atoms with E-state index >= 15 is 0 Å². The summed E-state index contributed by atoms with van der Waals surface area (Å²) in [7, 11) is 0. The quantitative estimate of drug-likeness (QED) is 0.723. The zero-order valence-electron chi connectivity index (χ0n) is 6.93. The van der Waals surface area contributed by atoms with Crippen LogP contribution in [0.15, 0.2) is 10.8 Å². The number of aromatic nitrogens is 2. The van der Waals surface area contributed by atoms with Gasteiger partial charge in [0, 0.05) is 6.20 Å². The summed E-state index contributed by atoms with van der Waals surface area (Å²) in [6.07, 6.45) is 1.82. The van der Waals surface area contributed by atoms with Gasteiger partial charge in [-0.1, -0.05) is 0 Å². The first-order chi connectivity index (χ1) is 4.91. The number of anilines is 1. The van der Waals surface area contributed by atoms with Gasteiger partial charge < -0.3 is 5.73 Å². The third-order valence-electron chi connectivity index (χ3n) is 1.38. The molecule has 1 rings (SSSR count). The minimum absolute atomic E-state index is 0.000139. The second-order valence-electron chi connectivity index (χ2n) is 3.49. The van der Waals surface area contributed by atoms with Crippen LogP contribution in [0.3, 0.4) is 0 Å². The van der Waals surface area contributed by atoms with E-state index in [-0.39, 0.29) is 5.54 Å². The van der Waals surface area contributed by atoms with E-state index in [2.05, 4.69) is 41.8 Å². The summed E-state index contributed by atoms with van der Waals surface area (Å²) in [6.45, 7) is 6.23. The zero-order valence-corrected chi connectivity index (χ0v) is 8.51. The molecule has 0 atom stereocenters. The van der Waals surface area contributed by atoms with Crippen molar-refractivity contribution in [3.63, 3.8) is 0 Å². The van der Waals surface area contributed by atoms with Crippen LogP contribution in [0.25, 0.3) is 0 Å². The minimum Gasteiger partial charge on any atom is -0.395 e. The molecule has 1 aromatic rings. The molecule has 0 fully saturated rings.